The van der Waals surface area contributed by atoms with E-state index in [0.717, 1.165) is 5.69 Å². The van der Waals surface area contributed by atoms with E-state index in [1.807, 2.05) is 38.1 Å². The Morgan fingerprint density at radius 1 is 1.50 bits per heavy atom. The Kier molecular flexibility index (Phi) is 3.94. The average molecular weight is 192 g/mol. The van der Waals surface area contributed by atoms with Crippen LogP contribution in [0.4, 0.5) is 5.69 Å². The molecule has 0 aliphatic carbocycles. The van der Waals surface area contributed by atoms with Crippen LogP contribution in [-0.2, 0) is 0 Å². The van der Waals surface area contributed by atoms with Gasteiger partial charge in [0.15, 0.2) is 0 Å². The number of hydrogen-bond acceptors (Lipinski definition) is 2. The van der Waals surface area contributed by atoms with Crippen LogP contribution >= 0.6 is 0 Å². The van der Waals surface area contributed by atoms with Crippen molar-refractivity contribution in [3.63, 3.8) is 0 Å². The molecule has 1 rings (SSSR count). The van der Waals surface area contributed by atoms with Gasteiger partial charge in [-0.1, -0.05) is 12.1 Å². The van der Waals surface area contributed by atoms with Gasteiger partial charge in [0, 0.05) is 12.2 Å². The first-order chi connectivity index (χ1) is 6.76. The van der Waals surface area contributed by atoms with E-state index in [-0.39, 0.29) is 0 Å². The molecule has 0 aliphatic rings. The van der Waals surface area contributed by atoms with Gasteiger partial charge in [0.1, 0.15) is 0 Å². The third kappa shape index (κ3) is 3.06. The van der Waals surface area contributed by atoms with Crippen molar-refractivity contribution >= 4 is 11.6 Å². The van der Waals surface area contributed by atoms with Crippen molar-refractivity contribution in [1.29, 1.82) is 0 Å². The number of guanidine groups is 1. The van der Waals surface area contributed by atoms with Crippen molar-refractivity contribution in [2.24, 2.45) is 10.8 Å². The monoisotopic (exact) mass is 192 g/mol. The summed E-state index contributed by atoms with van der Waals surface area (Å²) in [6.07, 6.45) is 0. The van der Waals surface area contributed by atoms with Crippen molar-refractivity contribution in [2.75, 3.05) is 11.9 Å². The van der Waals surface area contributed by atoms with E-state index in [4.69, 9.17) is 5.84 Å². The van der Waals surface area contributed by atoms with Crippen LogP contribution in [0.3, 0.4) is 0 Å². The molecule has 0 radical (unpaired) electrons. The van der Waals surface area contributed by atoms with Gasteiger partial charge >= 0.3 is 0 Å². The van der Waals surface area contributed by atoms with E-state index in [1.54, 1.807) is 0 Å². The predicted molar refractivity (Wildman–Crippen MR) is 60.1 cm³/mol. The van der Waals surface area contributed by atoms with Crippen LogP contribution in [0.25, 0.3) is 0 Å². The first kappa shape index (κ1) is 10.5. The first-order valence-electron chi connectivity index (χ1n) is 4.61. The molecule has 0 unspecified atom stereocenters. The molecule has 0 aromatic heterocycles. The second-order valence-electron chi connectivity index (χ2n) is 2.96. The summed E-state index contributed by atoms with van der Waals surface area (Å²) in [5, 5.41) is 3.08. The standard InChI is InChI=1S/C10H16N4/c1-3-12-10(14-11)13-9-6-4-5-8(2)7-9/h4-7H,3,11H2,1-2H3,(H2,12,13,14). The molecule has 0 aliphatic heterocycles. The Bertz CT molecular complexity index is 320. The lowest BCUT2D eigenvalue weighted by molar-refractivity contribution is 0.986. The van der Waals surface area contributed by atoms with Gasteiger partial charge in [0.05, 0.1) is 0 Å². The van der Waals surface area contributed by atoms with Crippen molar-refractivity contribution in [3.8, 4) is 0 Å². The fourth-order valence-electron chi connectivity index (χ4n) is 1.14. The molecule has 0 atom stereocenters. The molecular formula is C10H16N4. The highest BCUT2D eigenvalue weighted by molar-refractivity contribution is 5.93. The first-order valence-corrected chi connectivity index (χ1v) is 4.61. The second kappa shape index (κ2) is 5.24. The highest BCUT2D eigenvalue weighted by atomic mass is 15.3. The van der Waals surface area contributed by atoms with E-state index < -0.39 is 0 Å². The van der Waals surface area contributed by atoms with E-state index in [1.165, 1.54) is 5.56 Å². The molecule has 0 saturated carbocycles. The smallest absolute Gasteiger partial charge is 0.210 e. The molecule has 0 heterocycles. The summed E-state index contributed by atoms with van der Waals surface area (Å²) in [6.45, 7) is 4.69. The van der Waals surface area contributed by atoms with Gasteiger partial charge in [-0.25, -0.2) is 5.84 Å². The van der Waals surface area contributed by atoms with Crippen molar-refractivity contribution in [3.05, 3.63) is 29.8 Å². The Hall–Kier alpha value is -1.55. The third-order valence-corrected chi connectivity index (χ3v) is 1.73. The van der Waals surface area contributed by atoms with Crippen LogP contribution in [0, 0.1) is 6.92 Å². The van der Waals surface area contributed by atoms with Crippen LogP contribution in [0.1, 0.15) is 12.5 Å². The third-order valence-electron chi connectivity index (χ3n) is 1.73. The predicted octanol–water partition coefficient (Wildman–Crippen LogP) is 1.25. The molecule has 0 amide bonds. The minimum Gasteiger partial charge on any atom is -0.325 e. The molecule has 0 spiro atoms. The number of benzene rings is 1. The van der Waals surface area contributed by atoms with Gasteiger partial charge in [-0.05, 0) is 31.5 Å². The zero-order valence-corrected chi connectivity index (χ0v) is 8.54. The SMILES string of the molecule is CCN=C(NN)Nc1cccc(C)c1. The lowest BCUT2D eigenvalue weighted by atomic mass is 10.2. The zero-order valence-electron chi connectivity index (χ0n) is 8.54. The van der Waals surface area contributed by atoms with Crippen LogP contribution < -0.4 is 16.6 Å². The van der Waals surface area contributed by atoms with Gasteiger partial charge in [-0.3, -0.25) is 10.4 Å². The minimum atomic E-state index is 0.582. The Morgan fingerprint density at radius 2 is 2.29 bits per heavy atom. The normalized spacial score (nSPS) is 11.2. The topological polar surface area (TPSA) is 62.4 Å². The van der Waals surface area contributed by atoms with Crippen molar-refractivity contribution in [1.82, 2.24) is 5.43 Å². The van der Waals surface area contributed by atoms with E-state index >= 15 is 0 Å². The molecule has 76 valence electrons. The summed E-state index contributed by atoms with van der Waals surface area (Å²) in [4.78, 5) is 4.14. The van der Waals surface area contributed by atoms with Gasteiger partial charge in [0.2, 0.25) is 5.96 Å². The van der Waals surface area contributed by atoms with Crippen LogP contribution in [0.15, 0.2) is 29.3 Å². The molecule has 0 fully saturated rings. The zero-order chi connectivity index (χ0) is 10.4. The maximum Gasteiger partial charge on any atom is 0.210 e. The summed E-state index contributed by atoms with van der Waals surface area (Å²) in [5.41, 5.74) is 4.69. The maximum absolute atomic E-state index is 5.30. The molecule has 14 heavy (non-hydrogen) atoms. The molecule has 0 bridgehead atoms. The number of nitrogens with zero attached hydrogens (tertiary/aromatic N) is 1. The van der Waals surface area contributed by atoms with Crippen LogP contribution in [-0.4, -0.2) is 12.5 Å². The highest BCUT2D eigenvalue weighted by Crippen LogP contribution is 2.08. The minimum absolute atomic E-state index is 0.582. The molecule has 0 saturated heterocycles. The molecule has 1 aromatic carbocycles. The molecule has 1 aromatic rings. The number of aryl methyl sites for hydroxylation is 1. The average Bonchev–Trinajstić information content (AvgIpc) is 2.17. The number of hydrazine groups is 1. The molecule has 4 heteroatoms. The number of hydrogen-bond donors (Lipinski definition) is 3. The summed E-state index contributed by atoms with van der Waals surface area (Å²) < 4.78 is 0. The summed E-state index contributed by atoms with van der Waals surface area (Å²) >= 11 is 0. The molecule has 4 nitrogen and oxygen atoms in total. The quantitative estimate of drug-likeness (QED) is 0.286. The van der Waals surface area contributed by atoms with Gasteiger partial charge < -0.3 is 5.32 Å². The Balaban J connectivity index is 2.72. The van der Waals surface area contributed by atoms with E-state index in [0.29, 0.717) is 12.5 Å². The number of nitrogens with two attached hydrogens (primary N) is 1. The summed E-state index contributed by atoms with van der Waals surface area (Å²) in [7, 11) is 0. The maximum atomic E-state index is 5.30. The fraction of sp³-hybridized carbons (Fsp3) is 0.300. The lowest BCUT2D eigenvalue weighted by Gasteiger charge is -2.08. The van der Waals surface area contributed by atoms with Crippen LogP contribution in [0.2, 0.25) is 0 Å². The van der Waals surface area contributed by atoms with Gasteiger partial charge in [-0.2, -0.15) is 0 Å². The van der Waals surface area contributed by atoms with Crippen LogP contribution in [0.5, 0.6) is 0 Å². The molecular weight excluding hydrogens is 176 g/mol. The Labute approximate surface area is 84.2 Å². The summed E-state index contributed by atoms with van der Waals surface area (Å²) in [6, 6.07) is 8.02. The second-order valence-corrected chi connectivity index (χ2v) is 2.96. The van der Waals surface area contributed by atoms with Crippen molar-refractivity contribution < 1.29 is 0 Å². The number of anilines is 1. The summed E-state index contributed by atoms with van der Waals surface area (Å²) in [5.74, 6) is 5.88. The number of rotatable bonds is 2. The fourth-order valence-corrected chi connectivity index (χ4v) is 1.14. The van der Waals surface area contributed by atoms with E-state index in [9.17, 15) is 0 Å². The highest BCUT2D eigenvalue weighted by Gasteiger charge is 1.96. The molecule has 4 N–H and O–H groups in total. The van der Waals surface area contributed by atoms with Gasteiger partial charge in [0.25, 0.3) is 0 Å². The van der Waals surface area contributed by atoms with Crippen molar-refractivity contribution in [2.45, 2.75) is 13.8 Å². The lowest BCUT2D eigenvalue weighted by Crippen LogP contribution is -2.36. The largest absolute Gasteiger partial charge is 0.325 e. The number of nitrogens with one attached hydrogen (secondary N) is 2. The Morgan fingerprint density at radius 3 is 2.86 bits per heavy atom. The van der Waals surface area contributed by atoms with Gasteiger partial charge in [-0.15, -0.1) is 0 Å². The van der Waals surface area contributed by atoms with E-state index in [2.05, 4.69) is 15.7 Å². The number of aliphatic imine (C=N–C) groups is 1.